The van der Waals surface area contributed by atoms with Crippen LogP contribution in [0.3, 0.4) is 0 Å². The quantitative estimate of drug-likeness (QED) is 0.521. The van der Waals surface area contributed by atoms with E-state index in [1.165, 1.54) is 26.3 Å². The third-order valence-corrected chi connectivity index (χ3v) is 9.05. The second-order valence-corrected chi connectivity index (χ2v) is 11.5. The summed E-state index contributed by atoms with van der Waals surface area (Å²) in [6, 6.07) is 14.7. The van der Waals surface area contributed by atoms with Crippen molar-refractivity contribution in [3.63, 3.8) is 0 Å². The van der Waals surface area contributed by atoms with Gasteiger partial charge in [0.15, 0.2) is 0 Å². The van der Waals surface area contributed by atoms with Crippen LogP contribution in [0, 0.1) is 17.8 Å². The topological polar surface area (TPSA) is 93.1 Å². The average molecular weight is 504 g/mol. The van der Waals surface area contributed by atoms with Crippen LogP contribution in [0.2, 0.25) is 0 Å². The average Bonchev–Trinajstić information content (AvgIpc) is 3.18. The molecule has 0 aromatic heterocycles. The molecular formula is C30H33NO6. The molecule has 1 N–H and O–H groups in total. The molecule has 0 aliphatic heterocycles. The minimum Gasteiger partial charge on any atom is -0.480 e. The Morgan fingerprint density at radius 3 is 1.95 bits per heavy atom. The normalized spacial score (nSPS) is 27.8. The number of hydrogen-bond donors (Lipinski definition) is 1. The summed E-state index contributed by atoms with van der Waals surface area (Å²) in [5.74, 6) is -0.103. The van der Waals surface area contributed by atoms with Crippen molar-refractivity contribution < 1.29 is 29.0 Å². The Morgan fingerprint density at radius 2 is 1.43 bits per heavy atom. The summed E-state index contributed by atoms with van der Waals surface area (Å²) in [6.07, 6.45) is 5.15. The number of aliphatic carboxylic acids is 1. The van der Waals surface area contributed by atoms with Gasteiger partial charge in [-0.25, -0.2) is 9.59 Å². The highest BCUT2D eigenvalue weighted by atomic mass is 16.6. The van der Waals surface area contributed by atoms with Gasteiger partial charge in [-0.15, -0.1) is 0 Å². The molecule has 7 rings (SSSR count). The molecule has 0 saturated heterocycles. The van der Waals surface area contributed by atoms with E-state index in [0.717, 1.165) is 46.4 Å². The number of benzene rings is 2. The number of rotatable bonds is 7. The number of ether oxygens (including phenoxy) is 2. The van der Waals surface area contributed by atoms with Gasteiger partial charge in [-0.05, 0) is 78.5 Å². The molecule has 1 atom stereocenters. The number of carboxylic acids is 1. The molecule has 5 aliphatic rings. The molecule has 4 fully saturated rings. The van der Waals surface area contributed by atoms with E-state index < -0.39 is 36.1 Å². The van der Waals surface area contributed by atoms with Crippen molar-refractivity contribution in [1.29, 1.82) is 0 Å². The van der Waals surface area contributed by atoms with Crippen molar-refractivity contribution in [2.24, 2.45) is 17.8 Å². The van der Waals surface area contributed by atoms with Crippen molar-refractivity contribution in [2.45, 2.75) is 62.5 Å². The van der Waals surface area contributed by atoms with Crippen molar-refractivity contribution in [1.82, 2.24) is 4.90 Å². The lowest BCUT2D eigenvalue weighted by Crippen LogP contribution is -2.53. The summed E-state index contributed by atoms with van der Waals surface area (Å²) in [7, 11) is 1.37. The number of amides is 1. The van der Waals surface area contributed by atoms with Gasteiger partial charge in [0.05, 0.1) is 6.42 Å². The van der Waals surface area contributed by atoms with Gasteiger partial charge in [-0.1, -0.05) is 48.5 Å². The molecule has 4 bridgehead atoms. The molecule has 0 unspecified atom stereocenters. The lowest BCUT2D eigenvalue weighted by Gasteiger charge is -2.55. The van der Waals surface area contributed by atoms with Crippen LogP contribution in [0.5, 0.6) is 0 Å². The molecular weight excluding hydrogens is 470 g/mol. The highest BCUT2D eigenvalue weighted by Gasteiger charge is 2.53. The highest BCUT2D eigenvalue weighted by Crippen LogP contribution is 2.57. The first-order chi connectivity index (χ1) is 17.8. The van der Waals surface area contributed by atoms with Gasteiger partial charge in [0.25, 0.3) is 0 Å². The SMILES string of the molecule is CN(C(=O)OCC1c2ccccc2-c2ccccc21)[C@H](CC(=O)OC12CC3CC(CC(C3)C1)C2)C(=O)O. The molecule has 0 spiro atoms. The van der Waals surface area contributed by atoms with Crippen LogP contribution in [-0.2, 0) is 19.1 Å². The van der Waals surface area contributed by atoms with Crippen LogP contribution in [0.15, 0.2) is 48.5 Å². The third-order valence-electron chi connectivity index (χ3n) is 9.05. The molecule has 194 valence electrons. The minimum atomic E-state index is -1.35. The van der Waals surface area contributed by atoms with Gasteiger partial charge in [0.1, 0.15) is 18.2 Å². The van der Waals surface area contributed by atoms with Gasteiger partial charge in [-0.3, -0.25) is 9.69 Å². The Labute approximate surface area is 216 Å². The molecule has 7 nitrogen and oxygen atoms in total. The maximum Gasteiger partial charge on any atom is 0.410 e. The predicted octanol–water partition coefficient (Wildman–Crippen LogP) is 5.22. The van der Waals surface area contributed by atoms with Crippen molar-refractivity contribution >= 4 is 18.0 Å². The molecule has 1 amide bonds. The lowest BCUT2D eigenvalue weighted by atomic mass is 9.54. The maximum atomic E-state index is 12.9. The van der Waals surface area contributed by atoms with E-state index in [1.807, 2.05) is 36.4 Å². The van der Waals surface area contributed by atoms with E-state index >= 15 is 0 Å². The van der Waals surface area contributed by atoms with Crippen LogP contribution >= 0.6 is 0 Å². The molecule has 2 aromatic carbocycles. The number of nitrogens with zero attached hydrogens (tertiary/aromatic N) is 1. The van der Waals surface area contributed by atoms with Gasteiger partial charge in [0.2, 0.25) is 0 Å². The first-order valence-corrected chi connectivity index (χ1v) is 13.3. The molecule has 0 heterocycles. The Balaban J connectivity index is 1.10. The smallest absolute Gasteiger partial charge is 0.410 e. The van der Waals surface area contributed by atoms with Gasteiger partial charge in [0, 0.05) is 13.0 Å². The summed E-state index contributed by atoms with van der Waals surface area (Å²) in [6.45, 7) is 0.0846. The monoisotopic (exact) mass is 503 g/mol. The third kappa shape index (κ3) is 4.38. The number of likely N-dealkylation sites (N-methyl/N-ethyl adjacent to an activating group) is 1. The number of hydrogen-bond acceptors (Lipinski definition) is 5. The van der Waals surface area contributed by atoms with Gasteiger partial charge < -0.3 is 14.6 Å². The summed E-state index contributed by atoms with van der Waals surface area (Å²) in [4.78, 5) is 39.0. The number of carbonyl (C=O) groups excluding carboxylic acids is 2. The Kier molecular flexibility index (Phi) is 5.97. The number of carbonyl (C=O) groups is 3. The largest absolute Gasteiger partial charge is 0.480 e. The molecule has 7 heteroatoms. The first-order valence-electron chi connectivity index (χ1n) is 13.3. The fourth-order valence-electron chi connectivity index (χ4n) is 7.81. The first kappa shape index (κ1) is 24.0. The standard InChI is InChI=1S/C30H33NO6/c1-31(29(35)36-17-25-23-8-4-2-6-21(23)22-7-3-5-9-24(22)25)26(28(33)34)13-27(32)37-30-14-18-10-19(15-30)12-20(11-18)16-30/h2-9,18-20,25-26H,10-17H2,1H3,(H,33,34)/t18?,19?,20?,26-,30?/m1/s1. The Bertz CT molecular complexity index is 1160. The summed E-state index contributed by atoms with van der Waals surface area (Å²) in [5, 5.41) is 9.85. The summed E-state index contributed by atoms with van der Waals surface area (Å²) < 4.78 is 11.6. The highest BCUT2D eigenvalue weighted by molar-refractivity contribution is 5.85. The van der Waals surface area contributed by atoms with E-state index in [-0.39, 0.29) is 12.5 Å². The molecule has 37 heavy (non-hydrogen) atoms. The number of fused-ring (bicyclic) bond motifs is 3. The van der Waals surface area contributed by atoms with E-state index in [4.69, 9.17) is 9.47 Å². The zero-order valence-corrected chi connectivity index (χ0v) is 21.1. The second kappa shape index (κ2) is 9.19. The number of carboxylic acid groups (broad SMARTS) is 1. The van der Waals surface area contributed by atoms with Crippen LogP contribution in [0.4, 0.5) is 4.79 Å². The Morgan fingerprint density at radius 1 is 0.919 bits per heavy atom. The molecule has 0 radical (unpaired) electrons. The van der Waals surface area contributed by atoms with Crippen molar-refractivity contribution in [2.75, 3.05) is 13.7 Å². The van der Waals surface area contributed by atoms with E-state index in [9.17, 15) is 19.5 Å². The van der Waals surface area contributed by atoms with Crippen molar-refractivity contribution in [3.8, 4) is 11.1 Å². The predicted molar refractivity (Wildman–Crippen MR) is 136 cm³/mol. The molecule has 4 saturated carbocycles. The summed E-state index contributed by atoms with van der Waals surface area (Å²) in [5.41, 5.74) is 3.94. The second-order valence-electron chi connectivity index (χ2n) is 11.5. The summed E-state index contributed by atoms with van der Waals surface area (Å²) >= 11 is 0. The number of esters is 1. The van der Waals surface area contributed by atoms with Gasteiger partial charge >= 0.3 is 18.0 Å². The fourth-order valence-corrected chi connectivity index (χ4v) is 7.81. The zero-order chi connectivity index (χ0) is 25.7. The van der Waals surface area contributed by atoms with Crippen LogP contribution in [0.1, 0.15) is 62.0 Å². The maximum absolute atomic E-state index is 12.9. The van der Waals surface area contributed by atoms with E-state index in [0.29, 0.717) is 17.8 Å². The van der Waals surface area contributed by atoms with Crippen LogP contribution in [0.25, 0.3) is 11.1 Å². The van der Waals surface area contributed by atoms with E-state index in [1.54, 1.807) is 0 Å². The molecule has 5 aliphatic carbocycles. The van der Waals surface area contributed by atoms with Crippen LogP contribution < -0.4 is 0 Å². The molecule has 2 aromatic rings. The fraction of sp³-hybridized carbons (Fsp3) is 0.500. The van der Waals surface area contributed by atoms with Gasteiger partial charge in [-0.2, -0.15) is 0 Å². The van der Waals surface area contributed by atoms with E-state index in [2.05, 4.69) is 12.1 Å². The van der Waals surface area contributed by atoms with Crippen LogP contribution in [-0.4, -0.2) is 53.3 Å². The lowest BCUT2D eigenvalue weighted by molar-refractivity contribution is -0.188. The van der Waals surface area contributed by atoms with Crippen molar-refractivity contribution in [3.05, 3.63) is 59.7 Å². The minimum absolute atomic E-state index is 0.0846. The Hall–Kier alpha value is -3.35. The zero-order valence-electron chi connectivity index (χ0n) is 21.1.